The maximum atomic E-state index is 12.1. The van der Waals surface area contributed by atoms with E-state index in [0.29, 0.717) is 0 Å². The Morgan fingerprint density at radius 1 is 0.571 bits per heavy atom. The van der Waals surface area contributed by atoms with Crippen molar-refractivity contribution in [2.75, 3.05) is 0 Å². The third-order valence-electron chi connectivity index (χ3n) is 1.11. The van der Waals surface area contributed by atoms with Gasteiger partial charge in [-0.25, -0.2) is 0 Å². The highest BCUT2D eigenvalue weighted by Crippen LogP contribution is 2.56. The molecule has 0 atom stereocenters. The zero-order valence-corrected chi connectivity index (χ0v) is 7.29. The van der Waals surface area contributed by atoms with E-state index in [9.17, 15) is 35.1 Å². The van der Waals surface area contributed by atoms with Gasteiger partial charge in [0.25, 0.3) is 4.33 Å². The van der Waals surface area contributed by atoms with E-state index >= 15 is 0 Å². The Balaban J connectivity index is 5.30. The van der Waals surface area contributed by atoms with Gasteiger partial charge in [0.2, 0.25) is 0 Å². The van der Waals surface area contributed by atoms with E-state index in [-0.39, 0.29) is 0 Å². The molecule has 0 unspecified atom stereocenters. The summed E-state index contributed by atoms with van der Waals surface area (Å²) in [5.74, 6) is -6.28. The van der Waals surface area contributed by atoms with E-state index in [1.807, 2.05) is 0 Å². The van der Waals surface area contributed by atoms with Crippen molar-refractivity contribution in [2.24, 2.45) is 0 Å². The van der Waals surface area contributed by atoms with Crippen LogP contribution in [-0.2, 0) is 0 Å². The van der Waals surface area contributed by atoms with Gasteiger partial charge in [-0.05, 0) is 0 Å². The van der Waals surface area contributed by atoms with E-state index in [0.717, 1.165) is 0 Å². The van der Waals surface area contributed by atoms with Crippen LogP contribution in [0.3, 0.4) is 0 Å². The molecule has 0 rings (SSSR count). The molecule has 0 bridgehead atoms. The van der Waals surface area contributed by atoms with Gasteiger partial charge in [-0.2, -0.15) is 35.1 Å². The van der Waals surface area contributed by atoms with Gasteiger partial charge in [-0.1, -0.05) is 23.2 Å². The molecule has 14 heavy (non-hydrogen) atoms. The number of hydrogen-bond acceptors (Lipinski definition) is 0. The van der Waals surface area contributed by atoms with Gasteiger partial charge < -0.3 is 0 Å². The van der Waals surface area contributed by atoms with Gasteiger partial charge in [-0.3, -0.25) is 0 Å². The van der Waals surface area contributed by atoms with Crippen LogP contribution in [0.2, 0.25) is 0 Å². The minimum absolute atomic E-state index is 3.96. The Morgan fingerprint density at radius 3 is 0.929 bits per heavy atom. The van der Waals surface area contributed by atoms with Crippen LogP contribution in [0.4, 0.5) is 35.1 Å². The molecule has 0 aromatic heterocycles. The fraction of sp³-hybridized carbons (Fsp3) is 1.00. The summed E-state index contributed by atoms with van der Waals surface area (Å²) < 4.78 is 88.2. The van der Waals surface area contributed by atoms with Crippen molar-refractivity contribution < 1.29 is 35.1 Å². The van der Waals surface area contributed by atoms with Crippen molar-refractivity contribution in [3.8, 4) is 0 Å². The summed E-state index contributed by atoms with van der Waals surface area (Å²) in [6.07, 6.45) is -12.6. The lowest BCUT2D eigenvalue weighted by molar-refractivity contribution is -0.319. The zero-order chi connectivity index (χ0) is 12.0. The second-order valence-corrected chi connectivity index (χ2v) is 3.47. The summed E-state index contributed by atoms with van der Waals surface area (Å²) in [5.41, 5.74) is 0. The van der Waals surface area contributed by atoms with Crippen molar-refractivity contribution in [3.63, 3.8) is 0 Å². The molecule has 0 heterocycles. The summed E-state index contributed by atoms with van der Waals surface area (Å²) in [7, 11) is 0. The summed E-state index contributed by atoms with van der Waals surface area (Å²) >= 11 is 7.92. The first kappa shape index (κ1) is 14.0. The van der Waals surface area contributed by atoms with Gasteiger partial charge >= 0.3 is 18.3 Å². The molecule has 0 saturated heterocycles. The van der Waals surface area contributed by atoms with Crippen molar-refractivity contribution >= 4 is 23.2 Å². The first-order valence-electron chi connectivity index (χ1n) is 2.64. The molecule has 0 radical (unpaired) electrons. The van der Waals surface area contributed by atoms with Crippen LogP contribution >= 0.6 is 23.2 Å². The second-order valence-electron chi connectivity index (χ2n) is 2.14. The van der Waals surface area contributed by atoms with Crippen LogP contribution in [0, 0.1) is 0 Å². The van der Waals surface area contributed by atoms with Crippen LogP contribution in [0.5, 0.6) is 0 Å². The van der Waals surface area contributed by atoms with Crippen LogP contribution < -0.4 is 0 Å². The second kappa shape index (κ2) is 3.26. The van der Waals surface area contributed by atoms with Crippen LogP contribution in [0.15, 0.2) is 0 Å². The van der Waals surface area contributed by atoms with Gasteiger partial charge in [0.05, 0.1) is 0 Å². The van der Waals surface area contributed by atoms with E-state index in [1.54, 1.807) is 0 Å². The molecule has 0 aliphatic carbocycles. The van der Waals surface area contributed by atoms with Crippen molar-refractivity contribution in [1.82, 2.24) is 0 Å². The predicted octanol–water partition coefficient (Wildman–Crippen LogP) is 3.92. The maximum absolute atomic E-state index is 12.1. The SMILES string of the molecule is FC(F)(F)C(F)(F)C(Cl)(Cl)C(F)(F)F. The molecule has 0 fully saturated rings. The number of rotatable bonds is 1. The van der Waals surface area contributed by atoms with Crippen molar-refractivity contribution in [1.29, 1.82) is 0 Å². The maximum Gasteiger partial charge on any atom is 0.456 e. The van der Waals surface area contributed by atoms with Gasteiger partial charge in [0, 0.05) is 0 Å². The molecule has 0 aliphatic heterocycles. The number of alkyl halides is 10. The summed E-state index contributed by atoms with van der Waals surface area (Å²) in [5, 5.41) is 0. The molecule has 0 spiro atoms. The lowest BCUT2D eigenvalue weighted by Gasteiger charge is -2.32. The largest absolute Gasteiger partial charge is 0.456 e. The molecule has 0 amide bonds. The number of hydrogen-bond donors (Lipinski definition) is 0. The minimum atomic E-state index is -6.48. The van der Waals surface area contributed by atoms with Crippen LogP contribution in [0.25, 0.3) is 0 Å². The highest BCUT2D eigenvalue weighted by Gasteiger charge is 2.79. The molecule has 0 nitrogen and oxygen atoms in total. The topological polar surface area (TPSA) is 0 Å². The van der Waals surface area contributed by atoms with E-state index in [2.05, 4.69) is 23.2 Å². The first-order chi connectivity index (χ1) is 5.75. The third kappa shape index (κ3) is 2.00. The normalized spacial score (nSPS) is 15.9. The smallest absolute Gasteiger partial charge is 0.192 e. The lowest BCUT2D eigenvalue weighted by Crippen LogP contribution is -2.57. The van der Waals surface area contributed by atoms with Gasteiger partial charge in [0.1, 0.15) is 0 Å². The Morgan fingerprint density at radius 2 is 0.857 bits per heavy atom. The fourth-order valence-electron chi connectivity index (χ4n) is 0.356. The van der Waals surface area contributed by atoms with E-state index in [1.165, 1.54) is 0 Å². The Hall–Kier alpha value is 0.0200. The standard InChI is InChI=1S/C4Cl2F8/c5-1(6,3(9,10)11)2(7,8)4(12,13)14. The van der Waals surface area contributed by atoms with E-state index in [4.69, 9.17) is 0 Å². The van der Waals surface area contributed by atoms with Gasteiger partial charge in [0.15, 0.2) is 0 Å². The molecule has 10 heteroatoms. The lowest BCUT2D eigenvalue weighted by atomic mass is 10.2. The Kier molecular flexibility index (Phi) is 3.27. The molecule has 0 aliphatic rings. The Labute approximate surface area is 81.8 Å². The Bertz CT molecular complexity index is 188. The van der Waals surface area contributed by atoms with E-state index < -0.39 is 22.6 Å². The van der Waals surface area contributed by atoms with Crippen LogP contribution in [-0.4, -0.2) is 22.6 Å². The minimum Gasteiger partial charge on any atom is -0.192 e. The summed E-state index contributed by atoms with van der Waals surface area (Å²) in [6, 6.07) is 0. The molecule has 0 aromatic carbocycles. The average molecular weight is 271 g/mol. The molecular formula is C4Cl2F8. The first-order valence-corrected chi connectivity index (χ1v) is 3.40. The molecule has 0 saturated carbocycles. The molecule has 86 valence electrons. The third-order valence-corrected chi connectivity index (χ3v) is 2.01. The van der Waals surface area contributed by atoms with Crippen LogP contribution in [0.1, 0.15) is 0 Å². The summed E-state index contributed by atoms with van der Waals surface area (Å²) in [4.78, 5) is 0. The summed E-state index contributed by atoms with van der Waals surface area (Å²) in [6.45, 7) is 0. The van der Waals surface area contributed by atoms with Crippen molar-refractivity contribution in [2.45, 2.75) is 22.6 Å². The van der Waals surface area contributed by atoms with Crippen molar-refractivity contribution in [3.05, 3.63) is 0 Å². The predicted molar refractivity (Wildman–Crippen MR) is 31.5 cm³/mol. The average Bonchev–Trinajstić information content (AvgIpc) is 1.81. The number of halogens is 10. The highest BCUT2D eigenvalue weighted by molar-refractivity contribution is 6.50. The highest BCUT2D eigenvalue weighted by atomic mass is 35.5. The van der Waals surface area contributed by atoms with Gasteiger partial charge in [-0.15, -0.1) is 0 Å². The molecular weight excluding hydrogens is 271 g/mol. The fourth-order valence-corrected chi connectivity index (χ4v) is 0.570. The molecule has 0 N–H and O–H groups in total. The monoisotopic (exact) mass is 270 g/mol. The quantitative estimate of drug-likeness (QED) is 0.501. The molecule has 0 aromatic rings. The zero-order valence-electron chi connectivity index (χ0n) is 5.78.